The highest BCUT2D eigenvalue weighted by atomic mass is 35.5. The molecule has 0 saturated carbocycles. The first kappa shape index (κ1) is 18.3. The second kappa shape index (κ2) is 7.88. The molecule has 1 N–H and O–H groups in total. The molecule has 3 aromatic carbocycles. The molecule has 0 bridgehead atoms. The van der Waals surface area contributed by atoms with Crippen LogP contribution < -0.4 is 10.1 Å². The summed E-state index contributed by atoms with van der Waals surface area (Å²) in [5.74, 6) is 0.358. The third-order valence-electron chi connectivity index (χ3n) is 3.87. The summed E-state index contributed by atoms with van der Waals surface area (Å²) in [4.78, 5) is 12.1. The summed E-state index contributed by atoms with van der Waals surface area (Å²) in [7, 11) is 0. The average Bonchev–Trinajstić information content (AvgIpc) is 3.14. The van der Waals surface area contributed by atoms with Gasteiger partial charge in [-0.25, -0.2) is 0 Å². The zero-order valence-corrected chi connectivity index (χ0v) is 15.9. The maximum Gasteiger partial charge on any atom is 0.322 e. The molecule has 1 aromatic heterocycles. The van der Waals surface area contributed by atoms with Gasteiger partial charge in [0, 0.05) is 15.6 Å². The van der Waals surface area contributed by atoms with Crippen molar-refractivity contribution < 1.29 is 13.9 Å². The highest BCUT2D eigenvalue weighted by molar-refractivity contribution is 6.35. The largest absolute Gasteiger partial charge is 0.484 e. The number of anilines is 1. The van der Waals surface area contributed by atoms with Gasteiger partial charge < -0.3 is 9.15 Å². The number of aromatic nitrogens is 2. The van der Waals surface area contributed by atoms with Crippen molar-refractivity contribution in [1.82, 2.24) is 10.2 Å². The molecule has 8 heteroatoms. The number of amides is 1. The Morgan fingerprint density at radius 2 is 1.71 bits per heavy atom. The molecule has 0 atom stereocenters. The third-order valence-corrected chi connectivity index (χ3v) is 4.31. The molecule has 0 saturated heterocycles. The molecular formula is C20H13Cl2N3O3. The number of hydrogen-bond acceptors (Lipinski definition) is 5. The second-order valence-electron chi connectivity index (χ2n) is 5.92. The van der Waals surface area contributed by atoms with Crippen LogP contribution in [0, 0.1) is 0 Å². The van der Waals surface area contributed by atoms with Gasteiger partial charge in [0.05, 0.1) is 0 Å². The number of halogens is 2. The number of nitrogens with one attached hydrogen (secondary N) is 1. The summed E-state index contributed by atoms with van der Waals surface area (Å²) in [6.45, 7) is -0.195. The van der Waals surface area contributed by atoms with E-state index in [1.54, 1.807) is 18.2 Å². The first-order chi connectivity index (χ1) is 13.6. The lowest BCUT2D eigenvalue weighted by Crippen LogP contribution is -2.20. The van der Waals surface area contributed by atoms with Crippen molar-refractivity contribution in [3.8, 4) is 17.2 Å². The fraction of sp³-hybridized carbons (Fsp3) is 0.0500. The molecule has 4 rings (SSSR count). The minimum absolute atomic E-state index is 0.0433. The van der Waals surface area contributed by atoms with Crippen molar-refractivity contribution in [2.45, 2.75) is 0 Å². The molecular weight excluding hydrogens is 401 g/mol. The Morgan fingerprint density at radius 1 is 0.964 bits per heavy atom. The molecule has 0 aliphatic rings. The van der Waals surface area contributed by atoms with Crippen LogP contribution in [0.25, 0.3) is 22.2 Å². The van der Waals surface area contributed by atoms with E-state index in [1.165, 1.54) is 0 Å². The van der Waals surface area contributed by atoms with Crippen LogP contribution in [0.4, 0.5) is 6.01 Å². The summed E-state index contributed by atoms with van der Waals surface area (Å²) in [6, 6.07) is 18.3. The molecule has 0 spiro atoms. The first-order valence-electron chi connectivity index (χ1n) is 8.28. The molecule has 4 aromatic rings. The molecule has 0 aliphatic heterocycles. The van der Waals surface area contributed by atoms with Crippen LogP contribution in [0.1, 0.15) is 0 Å². The standard InChI is InChI=1S/C20H13Cl2N3O3/c21-15-7-14(8-16(22)10-15)19-24-25-20(28-19)23-18(26)11-27-17-6-5-12-3-1-2-4-13(12)9-17/h1-10H,11H2,(H,23,25,26). The Balaban J connectivity index is 1.39. The quantitative estimate of drug-likeness (QED) is 0.485. The van der Waals surface area contributed by atoms with Crippen molar-refractivity contribution in [3.05, 3.63) is 70.7 Å². The van der Waals surface area contributed by atoms with Gasteiger partial charge in [0.25, 0.3) is 5.91 Å². The van der Waals surface area contributed by atoms with E-state index in [4.69, 9.17) is 32.4 Å². The lowest BCUT2D eigenvalue weighted by Gasteiger charge is -2.06. The van der Waals surface area contributed by atoms with E-state index in [-0.39, 0.29) is 18.5 Å². The number of fused-ring (bicyclic) bond motifs is 1. The minimum atomic E-state index is -0.424. The van der Waals surface area contributed by atoms with Crippen LogP contribution >= 0.6 is 23.2 Å². The molecule has 140 valence electrons. The van der Waals surface area contributed by atoms with Gasteiger partial charge in [0.1, 0.15) is 5.75 Å². The fourth-order valence-corrected chi connectivity index (χ4v) is 3.16. The van der Waals surface area contributed by atoms with Crippen molar-refractivity contribution in [2.24, 2.45) is 0 Å². The van der Waals surface area contributed by atoms with E-state index in [2.05, 4.69) is 15.5 Å². The van der Waals surface area contributed by atoms with Gasteiger partial charge in [-0.1, -0.05) is 58.6 Å². The molecule has 0 aliphatic carbocycles. The Bertz CT molecular complexity index is 1140. The predicted octanol–water partition coefficient (Wildman–Crippen LogP) is 5.21. The fourth-order valence-electron chi connectivity index (χ4n) is 2.63. The van der Waals surface area contributed by atoms with E-state index in [0.717, 1.165) is 10.8 Å². The lowest BCUT2D eigenvalue weighted by molar-refractivity contribution is -0.118. The first-order valence-corrected chi connectivity index (χ1v) is 9.04. The predicted molar refractivity (Wildman–Crippen MR) is 108 cm³/mol. The number of nitrogens with zero attached hydrogens (tertiary/aromatic N) is 2. The van der Waals surface area contributed by atoms with Gasteiger partial charge in [-0.2, -0.15) is 0 Å². The second-order valence-corrected chi connectivity index (χ2v) is 6.79. The zero-order chi connectivity index (χ0) is 19.5. The highest BCUT2D eigenvalue weighted by Crippen LogP contribution is 2.27. The van der Waals surface area contributed by atoms with Crippen molar-refractivity contribution in [1.29, 1.82) is 0 Å². The maximum absolute atomic E-state index is 12.1. The van der Waals surface area contributed by atoms with Gasteiger partial charge in [-0.05, 0) is 41.1 Å². The van der Waals surface area contributed by atoms with E-state index in [1.807, 2.05) is 42.5 Å². The van der Waals surface area contributed by atoms with Crippen LogP contribution in [-0.2, 0) is 4.79 Å². The van der Waals surface area contributed by atoms with Crippen LogP contribution in [0.2, 0.25) is 10.0 Å². The Morgan fingerprint density at radius 3 is 2.50 bits per heavy atom. The smallest absolute Gasteiger partial charge is 0.322 e. The SMILES string of the molecule is O=C(COc1ccc2ccccc2c1)Nc1nnc(-c2cc(Cl)cc(Cl)c2)o1. The van der Waals surface area contributed by atoms with Gasteiger partial charge in [0.2, 0.25) is 5.89 Å². The summed E-state index contributed by atoms with van der Waals surface area (Å²) >= 11 is 11.9. The molecule has 0 fully saturated rings. The Kier molecular flexibility index (Phi) is 5.14. The highest BCUT2D eigenvalue weighted by Gasteiger charge is 2.13. The summed E-state index contributed by atoms with van der Waals surface area (Å²) in [6.07, 6.45) is 0. The molecule has 1 heterocycles. The van der Waals surface area contributed by atoms with Crippen LogP contribution in [0.3, 0.4) is 0 Å². The number of ether oxygens (including phenoxy) is 1. The lowest BCUT2D eigenvalue weighted by atomic mass is 10.1. The topological polar surface area (TPSA) is 77.2 Å². The van der Waals surface area contributed by atoms with Gasteiger partial charge in [0.15, 0.2) is 6.61 Å². The van der Waals surface area contributed by atoms with Gasteiger partial charge in [-0.15, -0.1) is 5.10 Å². The van der Waals surface area contributed by atoms with Crippen molar-refractivity contribution in [3.63, 3.8) is 0 Å². The molecule has 1 amide bonds. The summed E-state index contributed by atoms with van der Waals surface area (Å²) in [5, 5.41) is 13.2. The molecule has 28 heavy (non-hydrogen) atoms. The van der Waals surface area contributed by atoms with Gasteiger partial charge >= 0.3 is 6.01 Å². The zero-order valence-electron chi connectivity index (χ0n) is 14.4. The molecule has 6 nitrogen and oxygen atoms in total. The van der Waals surface area contributed by atoms with E-state index in [0.29, 0.717) is 21.4 Å². The van der Waals surface area contributed by atoms with E-state index >= 15 is 0 Å². The monoisotopic (exact) mass is 413 g/mol. The number of carbonyl (C=O) groups excluding carboxylic acids is 1. The maximum atomic E-state index is 12.1. The number of rotatable bonds is 5. The van der Waals surface area contributed by atoms with Crippen LogP contribution in [-0.4, -0.2) is 22.7 Å². The van der Waals surface area contributed by atoms with Crippen molar-refractivity contribution >= 4 is 45.9 Å². The number of carbonyl (C=O) groups is 1. The Labute approximate surface area is 170 Å². The van der Waals surface area contributed by atoms with Crippen LogP contribution in [0.5, 0.6) is 5.75 Å². The molecule has 0 unspecified atom stereocenters. The van der Waals surface area contributed by atoms with E-state index < -0.39 is 5.91 Å². The number of hydrogen-bond donors (Lipinski definition) is 1. The Hall–Kier alpha value is -3.09. The van der Waals surface area contributed by atoms with Crippen LogP contribution in [0.15, 0.2) is 65.1 Å². The minimum Gasteiger partial charge on any atom is -0.484 e. The third kappa shape index (κ3) is 4.24. The van der Waals surface area contributed by atoms with E-state index in [9.17, 15) is 4.79 Å². The summed E-state index contributed by atoms with van der Waals surface area (Å²) < 4.78 is 11.0. The van der Waals surface area contributed by atoms with Crippen molar-refractivity contribution in [2.75, 3.05) is 11.9 Å². The van der Waals surface area contributed by atoms with Gasteiger partial charge in [-0.3, -0.25) is 10.1 Å². The summed E-state index contributed by atoms with van der Waals surface area (Å²) in [5.41, 5.74) is 0.554. The number of benzene rings is 3. The molecule has 0 radical (unpaired) electrons. The average molecular weight is 414 g/mol. The normalized spacial score (nSPS) is 10.8.